The lowest BCUT2D eigenvalue weighted by Gasteiger charge is -2.23. The summed E-state index contributed by atoms with van der Waals surface area (Å²) >= 11 is 0. The normalized spacial score (nSPS) is 19.9. The van der Waals surface area contributed by atoms with Crippen molar-refractivity contribution in [2.75, 3.05) is 4.90 Å². The maximum Gasteiger partial charge on any atom is 0.238 e. The number of amides is 2. The van der Waals surface area contributed by atoms with Crippen molar-refractivity contribution < 1.29 is 14.4 Å². The SMILES string of the molecule is Cc1ccc(N2C(=O)C[C@@H](C(C)(C)C=O)C2=O)cc1. The summed E-state index contributed by atoms with van der Waals surface area (Å²) in [6.45, 7) is 5.32. The van der Waals surface area contributed by atoms with E-state index in [9.17, 15) is 14.4 Å². The molecule has 1 aromatic carbocycles. The molecule has 1 fully saturated rings. The van der Waals surface area contributed by atoms with Crippen molar-refractivity contribution in [3.05, 3.63) is 29.8 Å². The lowest BCUT2D eigenvalue weighted by molar-refractivity contribution is -0.129. The largest absolute Gasteiger partial charge is 0.303 e. The molecule has 0 aliphatic carbocycles. The Morgan fingerprint density at radius 1 is 1.21 bits per heavy atom. The summed E-state index contributed by atoms with van der Waals surface area (Å²) < 4.78 is 0. The Kier molecular flexibility index (Phi) is 3.27. The topological polar surface area (TPSA) is 54.5 Å². The Hall–Kier alpha value is -1.97. The second kappa shape index (κ2) is 4.61. The van der Waals surface area contributed by atoms with Gasteiger partial charge in [0.05, 0.1) is 11.6 Å². The molecule has 2 amide bonds. The van der Waals surface area contributed by atoms with Crippen LogP contribution in [0.5, 0.6) is 0 Å². The minimum Gasteiger partial charge on any atom is -0.303 e. The number of nitrogens with zero attached hydrogens (tertiary/aromatic N) is 1. The predicted octanol–water partition coefficient (Wildman–Crippen LogP) is 2.10. The number of rotatable bonds is 3. The Morgan fingerprint density at radius 2 is 1.79 bits per heavy atom. The molecule has 1 heterocycles. The maximum absolute atomic E-state index is 12.4. The van der Waals surface area contributed by atoms with Crippen molar-refractivity contribution in [2.24, 2.45) is 11.3 Å². The molecule has 0 N–H and O–H groups in total. The predicted molar refractivity (Wildman–Crippen MR) is 71.6 cm³/mol. The average molecular weight is 259 g/mol. The van der Waals surface area contributed by atoms with E-state index >= 15 is 0 Å². The molecule has 1 saturated heterocycles. The minimum atomic E-state index is -0.813. The third-order valence-electron chi connectivity index (χ3n) is 3.64. The van der Waals surface area contributed by atoms with E-state index in [1.807, 2.05) is 19.1 Å². The maximum atomic E-state index is 12.4. The highest BCUT2D eigenvalue weighted by Crippen LogP contribution is 2.36. The van der Waals surface area contributed by atoms with Crippen LogP contribution in [-0.2, 0) is 14.4 Å². The zero-order valence-electron chi connectivity index (χ0n) is 11.3. The van der Waals surface area contributed by atoms with Crippen molar-refractivity contribution in [1.82, 2.24) is 0 Å². The number of benzene rings is 1. The Labute approximate surface area is 112 Å². The van der Waals surface area contributed by atoms with Crippen LogP contribution in [0.2, 0.25) is 0 Å². The van der Waals surface area contributed by atoms with Gasteiger partial charge in [0.2, 0.25) is 11.8 Å². The first-order valence-corrected chi connectivity index (χ1v) is 6.26. The van der Waals surface area contributed by atoms with Crippen LogP contribution in [0, 0.1) is 18.3 Å². The van der Waals surface area contributed by atoms with Crippen molar-refractivity contribution in [1.29, 1.82) is 0 Å². The highest BCUT2D eigenvalue weighted by atomic mass is 16.2. The van der Waals surface area contributed by atoms with E-state index in [0.717, 1.165) is 11.8 Å². The Morgan fingerprint density at radius 3 is 2.32 bits per heavy atom. The van der Waals surface area contributed by atoms with Gasteiger partial charge in [-0.3, -0.25) is 14.5 Å². The van der Waals surface area contributed by atoms with E-state index in [-0.39, 0.29) is 18.2 Å². The molecular formula is C15H17NO3. The number of hydrogen-bond acceptors (Lipinski definition) is 3. The number of carbonyl (C=O) groups is 3. The van der Waals surface area contributed by atoms with Crippen molar-refractivity contribution >= 4 is 23.8 Å². The van der Waals surface area contributed by atoms with Crippen molar-refractivity contribution in [3.8, 4) is 0 Å². The molecule has 1 aliphatic heterocycles. The summed E-state index contributed by atoms with van der Waals surface area (Å²) in [6.07, 6.45) is 0.847. The van der Waals surface area contributed by atoms with E-state index in [1.165, 1.54) is 4.90 Å². The van der Waals surface area contributed by atoms with Gasteiger partial charge in [-0.25, -0.2) is 0 Å². The van der Waals surface area contributed by atoms with Gasteiger partial charge in [0.25, 0.3) is 0 Å². The summed E-state index contributed by atoms with van der Waals surface area (Å²) in [7, 11) is 0. The number of anilines is 1. The fraction of sp³-hybridized carbons (Fsp3) is 0.400. The lowest BCUT2D eigenvalue weighted by Crippen LogP contribution is -2.35. The molecular weight excluding hydrogens is 242 g/mol. The lowest BCUT2D eigenvalue weighted by atomic mass is 9.79. The standard InChI is InChI=1S/C15H17NO3/c1-10-4-6-11(7-5-10)16-13(18)8-12(14(16)19)15(2,3)9-17/h4-7,9,12H,8H2,1-3H3/t12-/m1/s1. The van der Waals surface area contributed by atoms with Crippen LogP contribution >= 0.6 is 0 Å². The van der Waals surface area contributed by atoms with Gasteiger partial charge in [-0.1, -0.05) is 31.5 Å². The molecule has 4 heteroatoms. The van der Waals surface area contributed by atoms with Crippen LogP contribution in [0.25, 0.3) is 0 Å². The smallest absolute Gasteiger partial charge is 0.238 e. The molecule has 1 aromatic rings. The fourth-order valence-electron chi connectivity index (χ4n) is 2.26. The summed E-state index contributed by atoms with van der Waals surface area (Å²) in [5.41, 5.74) is 0.823. The molecule has 1 atom stereocenters. The van der Waals surface area contributed by atoms with E-state index < -0.39 is 11.3 Å². The first-order chi connectivity index (χ1) is 8.86. The molecule has 100 valence electrons. The van der Waals surface area contributed by atoms with Gasteiger partial charge in [-0.15, -0.1) is 0 Å². The van der Waals surface area contributed by atoms with Crippen LogP contribution in [-0.4, -0.2) is 18.1 Å². The van der Waals surface area contributed by atoms with Crippen molar-refractivity contribution in [2.45, 2.75) is 27.2 Å². The second-order valence-corrected chi connectivity index (χ2v) is 5.60. The van der Waals surface area contributed by atoms with E-state index in [2.05, 4.69) is 0 Å². The van der Waals surface area contributed by atoms with Gasteiger partial charge in [0, 0.05) is 11.8 Å². The summed E-state index contributed by atoms with van der Waals surface area (Å²) in [4.78, 5) is 36.6. The number of aryl methyl sites for hydroxylation is 1. The van der Waals surface area contributed by atoms with Gasteiger partial charge < -0.3 is 4.79 Å². The molecule has 0 bridgehead atoms. The van der Waals surface area contributed by atoms with Gasteiger partial charge in [-0.2, -0.15) is 0 Å². The average Bonchev–Trinajstić information content (AvgIpc) is 2.67. The zero-order valence-corrected chi connectivity index (χ0v) is 11.3. The van der Waals surface area contributed by atoms with E-state index in [4.69, 9.17) is 0 Å². The molecule has 0 radical (unpaired) electrons. The molecule has 0 unspecified atom stereocenters. The molecule has 1 aliphatic rings. The molecule has 4 nitrogen and oxygen atoms in total. The third-order valence-corrected chi connectivity index (χ3v) is 3.64. The highest BCUT2D eigenvalue weighted by Gasteiger charge is 2.47. The highest BCUT2D eigenvalue weighted by molar-refractivity contribution is 6.21. The quantitative estimate of drug-likeness (QED) is 0.617. The summed E-state index contributed by atoms with van der Waals surface area (Å²) in [6, 6.07) is 7.21. The molecule has 0 spiro atoms. The first-order valence-electron chi connectivity index (χ1n) is 6.26. The number of carbonyl (C=O) groups excluding carboxylic acids is 3. The van der Waals surface area contributed by atoms with Gasteiger partial charge >= 0.3 is 0 Å². The van der Waals surface area contributed by atoms with Crippen LogP contribution in [0.3, 0.4) is 0 Å². The van der Waals surface area contributed by atoms with Crippen LogP contribution in [0.15, 0.2) is 24.3 Å². The van der Waals surface area contributed by atoms with Crippen LogP contribution < -0.4 is 4.90 Å². The van der Waals surface area contributed by atoms with Crippen LogP contribution in [0.1, 0.15) is 25.8 Å². The van der Waals surface area contributed by atoms with Gasteiger partial charge in [0.1, 0.15) is 6.29 Å². The van der Waals surface area contributed by atoms with E-state index in [1.54, 1.807) is 26.0 Å². The van der Waals surface area contributed by atoms with E-state index in [0.29, 0.717) is 5.69 Å². The van der Waals surface area contributed by atoms with Crippen LogP contribution in [0.4, 0.5) is 5.69 Å². The zero-order chi connectivity index (χ0) is 14.2. The molecule has 0 aromatic heterocycles. The summed E-state index contributed by atoms with van der Waals surface area (Å²) in [5, 5.41) is 0. The van der Waals surface area contributed by atoms with Gasteiger partial charge in [0.15, 0.2) is 0 Å². The van der Waals surface area contributed by atoms with Gasteiger partial charge in [-0.05, 0) is 19.1 Å². The molecule has 2 rings (SSSR count). The first kappa shape index (κ1) is 13.5. The Balaban J connectivity index is 2.34. The monoisotopic (exact) mass is 259 g/mol. The number of aldehydes is 1. The number of imide groups is 1. The minimum absolute atomic E-state index is 0.0957. The second-order valence-electron chi connectivity index (χ2n) is 5.60. The molecule has 0 saturated carbocycles. The van der Waals surface area contributed by atoms with Crippen molar-refractivity contribution in [3.63, 3.8) is 0 Å². The number of hydrogen-bond donors (Lipinski definition) is 0. The summed E-state index contributed by atoms with van der Waals surface area (Å²) in [5.74, 6) is -1.10. The Bertz CT molecular complexity index is 531. The fourth-order valence-corrected chi connectivity index (χ4v) is 2.26. The third kappa shape index (κ3) is 2.30. The molecule has 19 heavy (non-hydrogen) atoms.